The molecular formula is C32H51N3O9. The molecule has 6 aliphatic rings. The third-order valence-electron chi connectivity index (χ3n) is 11.9. The number of nitrogens with zero attached hydrogens (tertiary/aromatic N) is 3. The number of esters is 1. The van der Waals surface area contributed by atoms with Crippen molar-refractivity contribution in [2.24, 2.45) is 17.8 Å². The lowest BCUT2D eigenvalue weighted by Crippen LogP contribution is -2.59. The molecule has 6 heterocycles. The van der Waals surface area contributed by atoms with Gasteiger partial charge in [0.1, 0.15) is 0 Å². The van der Waals surface area contributed by atoms with Gasteiger partial charge in [-0.1, -0.05) is 0 Å². The van der Waals surface area contributed by atoms with Gasteiger partial charge in [-0.3, -0.25) is 9.69 Å². The zero-order valence-corrected chi connectivity index (χ0v) is 27.5. The summed E-state index contributed by atoms with van der Waals surface area (Å²) in [5, 5.41) is 3.52. The minimum absolute atomic E-state index is 0.0791. The Kier molecular flexibility index (Phi) is 8.36. The Hall–Kier alpha value is -1.83. The summed E-state index contributed by atoms with van der Waals surface area (Å²) in [7, 11) is 6.30. The van der Waals surface area contributed by atoms with E-state index in [2.05, 4.69) is 25.7 Å². The lowest BCUT2D eigenvalue weighted by atomic mass is 9.77. The fraction of sp³-hybridized carbons (Fsp3) is 0.906. The second kappa shape index (κ2) is 11.5. The van der Waals surface area contributed by atoms with Gasteiger partial charge in [0.2, 0.25) is 0 Å². The van der Waals surface area contributed by atoms with E-state index in [0.717, 1.165) is 32.1 Å². The zero-order valence-electron chi connectivity index (χ0n) is 27.5. The number of hydrogen-bond donors (Lipinski definition) is 0. The van der Waals surface area contributed by atoms with E-state index in [1.54, 1.807) is 31.5 Å². The van der Waals surface area contributed by atoms with Crippen molar-refractivity contribution in [1.82, 2.24) is 15.0 Å². The second-order valence-corrected chi connectivity index (χ2v) is 15.1. The molecule has 0 N–H and O–H groups in total. The Morgan fingerprint density at radius 3 is 1.45 bits per heavy atom. The van der Waals surface area contributed by atoms with E-state index < -0.39 is 28.5 Å². The van der Waals surface area contributed by atoms with Gasteiger partial charge in [0, 0.05) is 45.0 Å². The fourth-order valence-corrected chi connectivity index (χ4v) is 10.6. The molecule has 0 saturated carbocycles. The largest absolute Gasteiger partial charge is 0.469 e. The molecule has 6 bridgehead atoms. The van der Waals surface area contributed by atoms with E-state index in [0.29, 0.717) is 38.3 Å². The van der Waals surface area contributed by atoms with Crippen LogP contribution in [-0.2, 0) is 43.0 Å². The third kappa shape index (κ3) is 4.57. The van der Waals surface area contributed by atoms with E-state index in [9.17, 15) is 14.4 Å². The highest BCUT2D eigenvalue weighted by molar-refractivity contribution is 5.78. The molecule has 0 aromatic heterocycles. The van der Waals surface area contributed by atoms with E-state index >= 15 is 0 Å². The predicted octanol–water partition coefficient (Wildman–Crippen LogP) is 2.48. The smallest absolute Gasteiger partial charge is 0.330 e. The number of rotatable bonds is 11. The molecule has 9 atom stereocenters. The maximum Gasteiger partial charge on any atom is 0.330 e. The van der Waals surface area contributed by atoms with Crippen molar-refractivity contribution in [1.29, 1.82) is 0 Å². The first-order valence-corrected chi connectivity index (χ1v) is 16.3. The second-order valence-electron chi connectivity index (χ2n) is 15.1. The summed E-state index contributed by atoms with van der Waals surface area (Å²) in [4.78, 5) is 56.1. The Labute approximate surface area is 260 Å². The minimum Gasteiger partial charge on any atom is -0.469 e. The van der Waals surface area contributed by atoms with E-state index in [4.69, 9.17) is 28.6 Å². The molecule has 0 aromatic rings. The quantitative estimate of drug-likeness (QED) is 0.316. The summed E-state index contributed by atoms with van der Waals surface area (Å²) in [6.07, 6.45) is 6.67. The highest BCUT2D eigenvalue weighted by Crippen LogP contribution is 2.57. The average Bonchev–Trinajstić information content (AvgIpc) is 3.80. The molecule has 0 amide bonds. The van der Waals surface area contributed by atoms with Crippen LogP contribution in [0.15, 0.2) is 0 Å². The van der Waals surface area contributed by atoms with E-state index in [1.807, 2.05) is 0 Å². The lowest BCUT2D eigenvalue weighted by molar-refractivity contribution is -0.242. The van der Waals surface area contributed by atoms with Crippen LogP contribution in [0.5, 0.6) is 0 Å². The van der Waals surface area contributed by atoms with Crippen molar-refractivity contribution in [2.45, 2.75) is 119 Å². The van der Waals surface area contributed by atoms with E-state index in [-0.39, 0.29) is 54.7 Å². The number of ether oxygens (including phenoxy) is 4. The molecule has 0 spiro atoms. The first kappa shape index (κ1) is 32.1. The fourth-order valence-electron chi connectivity index (χ4n) is 10.6. The molecule has 6 aliphatic heterocycles. The summed E-state index contributed by atoms with van der Waals surface area (Å²) in [5.74, 6) is -2.25. The van der Waals surface area contributed by atoms with Gasteiger partial charge in [-0.15, -0.1) is 10.1 Å². The Morgan fingerprint density at radius 2 is 1.00 bits per heavy atom. The van der Waals surface area contributed by atoms with Crippen LogP contribution in [-0.4, -0.2) is 121 Å². The molecule has 0 unspecified atom stereocenters. The standard InChI is InChI=1S/C32H51N3O9/c1-29(2,3)33-20-8-11-30(33,17-39-4)24(14-20)27(37)43-35-22-10-13-32(35,19-41-6)25(16-22)28(38)44-34-21-9-12-31(34,18-40-5)23(15-21)26(36)42-7/h20-25H,8-19H2,1-7H3/t20-,21-,22-,23-,24-,25-,30+,31+,32+/m1/s1. The number of fused-ring (bicyclic) bond motifs is 6. The maximum absolute atomic E-state index is 14.1. The molecule has 6 rings (SSSR count). The van der Waals surface area contributed by atoms with Crippen molar-refractivity contribution >= 4 is 17.9 Å². The predicted molar refractivity (Wildman–Crippen MR) is 157 cm³/mol. The summed E-state index contributed by atoms with van der Waals surface area (Å²) < 4.78 is 22.1. The number of carbonyl (C=O) groups is 3. The SMILES string of the molecule is COC[C@@]12CC[C@H](C[C@@H]1C(=O)OC)N2OC(=O)[C@H]1C[C@H]2CC[C@@]1(COC)N2OC(=O)[C@H]1C[C@H]2CC[C@@]1(COC)N2C(C)(C)C. The first-order chi connectivity index (χ1) is 20.9. The van der Waals surface area contributed by atoms with Crippen LogP contribution >= 0.6 is 0 Å². The van der Waals surface area contributed by atoms with Crippen molar-refractivity contribution in [3.05, 3.63) is 0 Å². The average molecular weight is 622 g/mol. The van der Waals surface area contributed by atoms with Gasteiger partial charge in [-0.05, 0) is 78.6 Å². The molecule has 44 heavy (non-hydrogen) atoms. The van der Waals surface area contributed by atoms with Crippen molar-refractivity contribution in [3.63, 3.8) is 0 Å². The van der Waals surface area contributed by atoms with Gasteiger partial charge in [-0.25, -0.2) is 9.59 Å². The van der Waals surface area contributed by atoms with Gasteiger partial charge >= 0.3 is 17.9 Å². The molecule has 0 aliphatic carbocycles. The summed E-state index contributed by atoms with van der Waals surface area (Å²) in [5.41, 5.74) is -2.11. The van der Waals surface area contributed by atoms with Crippen LogP contribution in [0.25, 0.3) is 0 Å². The van der Waals surface area contributed by atoms with Gasteiger partial charge in [0.15, 0.2) is 0 Å². The van der Waals surface area contributed by atoms with Crippen LogP contribution in [0.4, 0.5) is 0 Å². The van der Waals surface area contributed by atoms with Crippen LogP contribution in [0, 0.1) is 17.8 Å². The Balaban J connectivity index is 1.22. The lowest BCUT2D eigenvalue weighted by Gasteiger charge is -2.45. The third-order valence-corrected chi connectivity index (χ3v) is 11.9. The van der Waals surface area contributed by atoms with Gasteiger partial charge in [0.25, 0.3) is 0 Å². The normalized spacial score (nSPS) is 41.5. The minimum atomic E-state index is -0.823. The van der Waals surface area contributed by atoms with Gasteiger partial charge in [-0.2, -0.15) is 0 Å². The topological polar surface area (TPSA) is 116 Å². The zero-order chi connectivity index (χ0) is 31.7. The highest BCUT2D eigenvalue weighted by atomic mass is 16.7. The Morgan fingerprint density at radius 1 is 0.614 bits per heavy atom. The number of hydroxylamine groups is 4. The molecule has 6 saturated heterocycles. The molecule has 12 heteroatoms. The van der Waals surface area contributed by atoms with Crippen LogP contribution < -0.4 is 0 Å². The van der Waals surface area contributed by atoms with Crippen LogP contribution in [0.1, 0.15) is 78.6 Å². The molecule has 248 valence electrons. The van der Waals surface area contributed by atoms with Gasteiger partial charge in [0.05, 0.1) is 61.3 Å². The summed E-state index contributed by atoms with van der Waals surface area (Å²) in [6, 6.07) is 0.121. The highest BCUT2D eigenvalue weighted by Gasteiger charge is 2.68. The van der Waals surface area contributed by atoms with Crippen molar-refractivity contribution in [3.8, 4) is 0 Å². The van der Waals surface area contributed by atoms with Crippen LogP contribution in [0.3, 0.4) is 0 Å². The van der Waals surface area contributed by atoms with Crippen LogP contribution in [0.2, 0.25) is 0 Å². The molecule has 0 radical (unpaired) electrons. The number of methoxy groups -OCH3 is 4. The van der Waals surface area contributed by atoms with Gasteiger partial charge < -0.3 is 28.6 Å². The monoisotopic (exact) mass is 621 g/mol. The molecular weight excluding hydrogens is 570 g/mol. The molecule has 0 aromatic carbocycles. The molecule has 12 nitrogen and oxygen atoms in total. The van der Waals surface area contributed by atoms with Crippen molar-refractivity contribution < 1.29 is 43.0 Å². The maximum atomic E-state index is 14.1. The van der Waals surface area contributed by atoms with Crippen molar-refractivity contribution in [2.75, 3.05) is 48.3 Å². The summed E-state index contributed by atoms with van der Waals surface area (Å²) in [6.45, 7) is 7.56. The first-order valence-electron chi connectivity index (χ1n) is 16.3. The Bertz CT molecular complexity index is 1150. The number of carbonyl (C=O) groups excluding carboxylic acids is 3. The van der Waals surface area contributed by atoms with E-state index in [1.165, 1.54) is 7.11 Å². The molecule has 6 fully saturated rings. The number of hydrogen-bond acceptors (Lipinski definition) is 12. The summed E-state index contributed by atoms with van der Waals surface area (Å²) >= 11 is 0.